The fraction of sp³-hybridized carbons (Fsp3) is 0.316. The van der Waals surface area contributed by atoms with Crippen LogP contribution in [0.25, 0.3) is 0 Å². The standard InChI is InChI=1S/C19H22N2O5/c22-13-5-3-12(4-6-13)2-1-9-20-10-16(24)14-7-8-15(23)18-19(14)26-11-17(25)21-18/h3-8,16,20,22-24H,1-2,9-11H2,(H,21,25). The highest BCUT2D eigenvalue weighted by Crippen LogP contribution is 2.41. The second-order valence-corrected chi connectivity index (χ2v) is 6.20. The number of amides is 1. The summed E-state index contributed by atoms with van der Waals surface area (Å²) < 4.78 is 5.38. The lowest BCUT2D eigenvalue weighted by atomic mass is 10.0. The van der Waals surface area contributed by atoms with E-state index in [-0.39, 0.29) is 29.7 Å². The van der Waals surface area contributed by atoms with E-state index in [0.717, 1.165) is 24.9 Å². The largest absolute Gasteiger partial charge is 0.508 e. The number of benzene rings is 2. The van der Waals surface area contributed by atoms with Gasteiger partial charge in [0.2, 0.25) is 0 Å². The van der Waals surface area contributed by atoms with Gasteiger partial charge in [-0.1, -0.05) is 12.1 Å². The Balaban J connectivity index is 1.51. The molecule has 1 unspecified atom stereocenters. The van der Waals surface area contributed by atoms with Crippen LogP contribution in [0.3, 0.4) is 0 Å². The third-order valence-electron chi connectivity index (χ3n) is 4.23. The van der Waals surface area contributed by atoms with Gasteiger partial charge in [-0.15, -0.1) is 0 Å². The number of carbonyl (C=O) groups is 1. The number of fused-ring (bicyclic) bond motifs is 1. The number of hydrogen-bond donors (Lipinski definition) is 5. The van der Waals surface area contributed by atoms with Crippen molar-refractivity contribution < 1.29 is 24.9 Å². The number of hydrogen-bond acceptors (Lipinski definition) is 6. The molecule has 1 aliphatic heterocycles. The lowest BCUT2D eigenvalue weighted by Gasteiger charge is -2.23. The van der Waals surface area contributed by atoms with E-state index in [9.17, 15) is 20.1 Å². The van der Waals surface area contributed by atoms with Crippen LogP contribution >= 0.6 is 0 Å². The number of phenolic OH excluding ortho intramolecular Hbond substituents is 2. The molecule has 3 rings (SSSR count). The molecule has 2 aromatic carbocycles. The summed E-state index contributed by atoms with van der Waals surface area (Å²) in [6.07, 6.45) is 0.929. The SMILES string of the molecule is O=C1COc2c(C(O)CNCCCc3ccc(O)cc3)ccc(O)c2N1. The van der Waals surface area contributed by atoms with Gasteiger partial charge < -0.3 is 30.7 Å². The Labute approximate surface area is 151 Å². The van der Waals surface area contributed by atoms with Gasteiger partial charge >= 0.3 is 0 Å². The normalized spacial score (nSPS) is 14.3. The van der Waals surface area contributed by atoms with Gasteiger partial charge in [0, 0.05) is 12.1 Å². The molecule has 0 fully saturated rings. The zero-order chi connectivity index (χ0) is 18.5. The number of anilines is 1. The van der Waals surface area contributed by atoms with Crippen molar-refractivity contribution in [2.24, 2.45) is 0 Å². The number of rotatable bonds is 7. The van der Waals surface area contributed by atoms with Crippen molar-refractivity contribution in [2.45, 2.75) is 18.9 Å². The molecule has 0 saturated carbocycles. The van der Waals surface area contributed by atoms with Gasteiger partial charge in [0.15, 0.2) is 12.4 Å². The third kappa shape index (κ3) is 4.25. The molecule has 7 heteroatoms. The van der Waals surface area contributed by atoms with Crippen molar-refractivity contribution >= 4 is 11.6 Å². The Hall–Kier alpha value is -2.77. The van der Waals surface area contributed by atoms with Crippen LogP contribution in [0.5, 0.6) is 17.2 Å². The van der Waals surface area contributed by atoms with Crippen LogP contribution in [0, 0.1) is 0 Å². The predicted octanol–water partition coefficient (Wildman–Crippen LogP) is 1.68. The maximum Gasteiger partial charge on any atom is 0.262 e. The first-order chi connectivity index (χ1) is 12.5. The summed E-state index contributed by atoms with van der Waals surface area (Å²) in [5, 5.41) is 35.3. The molecular formula is C19H22N2O5. The summed E-state index contributed by atoms with van der Waals surface area (Å²) in [5.74, 6) is 0.131. The summed E-state index contributed by atoms with van der Waals surface area (Å²) in [6.45, 7) is 0.899. The molecule has 0 bridgehead atoms. The van der Waals surface area contributed by atoms with Crippen molar-refractivity contribution in [2.75, 3.05) is 25.0 Å². The van der Waals surface area contributed by atoms with Crippen molar-refractivity contribution in [3.63, 3.8) is 0 Å². The van der Waals surface area contributed by atoms with Crippen LogP contribution in [0.15, 0.2) is 36.4 Å². The van der Waals surface area contributed by atoms with E-state index >= 15 is 0 Å². The van der Waals surface area contributed by atoms with Gasteiger partial charge in [0.05, 0.1) is 6.10 Å². The number of aromatic hydroxyl groups is 2. The molecule has 5 N–H and O–H groups in total. The van der Waals surface area contributed by atoms with E-state index in [0.29, 0.717) is 17.9 Å². The molecule has 1 atom stereocenters. The maximum atomic E-state index is 11.4. The van der Waals surface area contributed by atoms with Gasteiger partial charge in [-0.05, 0) is 49.2 Å². The topological polar surface area (TPSA) is 111 Å². The fourth-order valence-corrected chi connectivity index (χ4v) is 2.87. The second kappa shape index (κ2) is 8.07. The van der Waals surface area contributed by atoms with Crippen LogP contribution in [0.2, 0.25) is 0 Å². The summed E-state index contributed by atoms with van der Waals surface area (Å²) in [7, 11) is 0. The van der Waals surface area contributed by atoms with Crippen molar-refractivity contribution in [3.8, 4) is 17.2 Å². The van der Waals surface area contributed by atoms with Crippen LogP contribution in [0.1, 0.15) is 23.7 Å². The number of phenols is 2. The van der Waals surface area contributed by atoms with Crippen LogP contribution in [0.4, 0.5) is 5.69 Å². The minimum Gasteiger partial charge on any atom is -0.508 e. The highest BCUT2D eigenvalue weighted by molar-refractivity contribution is 5.97. The lowest BCUT2D eigenvalue weighted by molar-refractivity contribution is -0.118. The van der Waals surface area contributed by atoms with E-state index < -0.39 is 6.10 Å². The predicted molar refractivity (Wildman–Crippen MR) is 96.5 cm³/mol. The van der Waals surface area contributed by atoms with Gasteiger partial charge in [0.1, 0.15) is 17.2 Å². The monoisotopic (exact) mass is 358 g/mol. The van der Waals surface area contributed by atoms with Crippen molar-refractivity contribution in [1.82, 2.24) is 5.32 Å². The Morgan fingerprint density at radius 2 is 1.92 bits per heavy atom. The zero-order valence-electron chi connectivity index (χ0n) is 14.2. The lowest BCUT2D eigenvalue weighted by Crippen LogP contribution is -2.28. The number of nitrogens with one attached hydrogen (secondary N) is 2. The summed E-state index contributed by atoms with van der Waals surface area (Å²) in [6, 6.07) is 10.1. The Morgan fingerprint density at radius 3 is 2.69 bits per heavy atom. The fourth-order valence-electron chi connectivity index (χ4n) is 2.87. The van der Waals surface area contributed by atoms with E-state index in [2.05, 4.69) is 10.6 Å². The molecule has 138 valence electrons. The van der Waals surface area contributed by atoms with Gasteiger partial charge in [-0.3, -0.25) is 4.79 Å². The van der Waals surface area contributed by atoms with E-state index in [1.54, 1.807) is 18.2 Å². The first kappa shape index (κ1) is 18.0. The second-order valence-electron chi connectivity index (χ2n) is 6.20. The minimum atomic E-state index is -0.826. The first-order valence-electron chi connectivity index (χ1n) is 8.50. The molecule has 1 aliphatic rings. The molecule has 2 aromatic rings. The summed E-state index contributed by atoms with van der Waals surface area (Å²) in [4.78, 5) is 11.4. The van der Waals surface area contributed by atoms with Crippen molar-refractivity contribution in [1.29, 1.82) is 0 Å². The van der Waals surface area contributed by atoms with Gasteiger partial charge in [-0.2, -0.15) is 0 Å². The molecule has 0 saturated heterocycles. The summed E-state index contributed by atoms with van der Waals surface area (Å²) >= 11 is 0. The summed E-state index contributed by atoms with van der Waals surface area (Å²) in [5.41, 5.74) is 1.86. The number of carbonyl (C=O) groups excluding carboxylic acids is 1. The molecule has 0 aromatic heterocycles. The molecule has 0 aliphatic carbocycles. The Kier molecular flexibility index (Phi) is 5.60. The molecular weight excluding hydrogens is 336 g/mol. The molecule has 0 radical (unpaired) electrons. The average molecular weight is 358 g/mol. The van der Waals surface area contributed by atoms with Crippen molar-refractivity contribution in [3.05, 3.63) is 47.5 Å². The average Bonchev–Trinajstić information content (AvgIpc) is 2.63. The van der Waals surface area contributed by atoms with Crippen LogP contribution in [-0.4, -0.2) is 40.9 Å². The highest BCUT2D eigenvalue weighted by Gasteiger charge is 2.25. The number of ether oxygens (including phenoxy) is 1. The first-order valence-corrected chi connectivity index (χ1v) is 8.50. The Bertz CT molecular complexity index is 776. The molecule has 1 amide bonds. The van der Waals surface area contributed by atoms with E-state index in [4.69, 9.17) is 4.74 Å². The zero-order valence-corrected chi connectivity index (χ0v) is 14.2. The third-order valence-corrected chi connectivity index (χ3v) is 4.23. The smallest absolute Gasteiger partial charge is 0.262 e. The van der Waals surface area contributed by atoms with Gasteiger partial charge in [0.25, 0.3) is 5.91 Å². The van der Waals surface area contributed by atoms with E-state index in [1.165, 1.54) is 6.07 Å². The number of aryl methyl sites for hydroxylation is 1. The van der Waals surface area contributed by atoms with Crippen LogP contribution in [-0.2, 0) is 11.2 Å². The number of aliphatic hydroxyl groups excluding tert-OH is 1. The number of aliphatic hydroxyl groups is 1. The molecule has 0 spiro atoms. The Morgan fingerprint density at radius 1 is 1.15 bits per heavy atom. The molecule has 7 nitrogen and oxygen atoms in total. The highest BCUT2D eigenvalue weighted by atomic mass is 16.5. The molecule has 1 heterocycles. The minimum absolute atomic E-state index is 0.0918. The quantitative estimate of drug-likeness (QED) is 0.380. The molecule has 26 heavy (non-hydrogen) atoms. The van der Waals surface area contributed by atoms with E-state index in [1.807, 2.05) is 12.1 Å². The maximum absolute atomic E-state index is 11.4. The van der Waals surface area contributed by atoms with Crippen LogP contribution < -0.4 is 15.4 Å². The van der Waals surface area contributed by atoms with Gasteiger partial charge in [-0.25, -0.2) is 0 Å².